The second-order valence-electron chi connectivity index (χ2n) is 24.6. The molecule has 0 aliphatic carbocycles. The molecule has 37 heteroatoms. The van der Waals surface area contributed by atoms with Crippen molar-refractivity contribution in [2.45, 2.75) is 166 Å². The molecule has 25 N–H and O–H groups in total. The molecule has 0 heterocycles. The van der Waals surface area contributed by atoms with Crippen LogP contribution in [0.1, 0.15) is 104 Å². The van der Waals surface area contributed by atoms with E-state index >= 15 is 0 Å². The normalized spacial score (nSPS) is 14.0. The van der Waals surface area contributed by atoms with Gasteiger partial charge >= 0.3 is 11.9 Å². The molecule has 0 aliphatic heterocycles. The van der Waals surface area contributed by atoms with E-state index in [0.29, 0.717) is 11.1 Å². The van der Waals surface area contributed by atoms with E-state index in [1.807, 2.05) is 13.8 Å². The van der Waals surface area contributed by atoms with Crippen LogP contribution in [0.2, 0.25) is 0 Å². The standard InChI is InChI=1S/C63H97N17O20/c1-32(2)23-38(64)53(90)78-45(30-81)59(96)75-42(24-33(3)4)55(92)71-29-50(87)80-52(34(5)6)61(98)79-46(31-82)60(97)77-44(26-36-14-16-37(83)17-15-36)58(95)74-39(13-10-22-68-63(66)67)57(94)76-43(25-35-11-8-7-9-12-35)56(93)70-27-48(85)72-40(18-20-47(65)84)54(91)69-28-49(86)73-41(62(99)100)19-21-51(88)89/h7-9,11-12,14-17,32-34,38-46,52,81-83H,10,13,18-31,64H2,1-6H3,(H2,65,84)(H,69,91)(H,70,93)(H,71,92)(H,72,85)(H,73,86)(H,74,95)(H,75,96)(H,76,94)(H,77,97)(H,78,90)(H,79,98)(H,80,87)(H,88,89)(H,99,100)(H4,66,67,68)/t38-,39-,40-,41-,42-,43-,44-,45-,46-,52-/m0/s1. The minimum absolute atomic E-state index is 0.00408. The number of nitrogens with two attached hydrogens (primary N) is 4. The van der Waals surface area contributed by atoms with Crippen LogP contribution in [0.5, 0.6) is 5.75 Å². The number of amides is 13. The number of guanidine groups is 1. The molecule has 0 saturated heterocycles. The molecule has 2 aromatic rings. The van der Waals surface area contributed by atoms with Crippen molar-refractivity contribution in [2.24, 2.45) is 45.7 Å². The number of carbonyl (C=O) groups is 15. The van der Waals surface area contributed by atoms with Crippen molar-refractivity contribution in [3.63, 3.8) is 0 Å². The molecule has 2 aromatic carbocycles. The van der Waals surface area contributed by atoms with Crippen LogP contribution in [-0.2, 0) is 84.8 Å². The molecular formula is C63H97N17O20. The predicted molar refractivity (Wildman–Crippen MR) is 357 cm³/mol. The summed E-state index contributed by atoms with van der Waals surface area (Å²) in [4.78, 5) is 201. The Kier molecular flexibility index (Phi) is 38.0. The maximum Gasteiger partial charge on any atom is 0.326 e. The maximum absolute atomic E-state index is 14.6. The topological polar surface area (TPSA) is 618 Å². The van der Waals surface area contributed by atoms with Crippen molar-refractivity contribution < 1.29 is 97.5 Å². The first-order valence-electron chi connectivity index (χ1n) is 32.1. The third-order valence-corrected chi connectivity index (χ3v) is 14.7. The predicted octanol–water partition coefficient (Wildman–Crippen LogP) is -6.78. The van der Waals surface area contributed by atoms with E-state index in [9.17, 15) is 92.3 Å². The molecule has 0 aliphatic rings. The summed E-state index contributed by atoms with van der Waals surface area (Å²) in [6.07, 6.45) is -2.48. The number of carboxylic acids is 2. The van der Waals surface area contributed by atoms with Gasteiger partial charge in [-0.15, -0.1) is 0 Å². The molecule has 0 spiro atoms. The number of rotatable bonds is 46. The summed E-state index contributed by atoms with van der Waals surface area (Å²) in [5.41, 5.74) is 23.1. The van der Waals surface area contributed by atoms with Gasteiger partial charge in [-0.25, -0.2) is 4.79 Å². The molecule has 0 saturated carbocycles. The van der Waals surface area contributed by atoms with E-state index < -0.39 is 214 Å². The van der Waals surface area contributed by atoms with E-state index in [0.717, 1.165) is 0 Å². The molecule has 0 bridgehead atoms. The molecule has 0 aromatic heterocycles. The van der Waals surface area contributed by atoms with Crippen LogP contribution < -0.4 is 86.7 Å². The van der Waals surface area contributed by atoms with E-state index in [2.05, 4.69) is 68.8 Å². The lowest BCUT2D eigenvalue weighted by atomic mass is 10.0. The largest absolute Gasteiger partial charge is 0.508 e. The summed E-state index contributed by atoms with van der Waals surface area (Å²) < 4.78 is 0. The highest BCUT2D eigenvalue weighted by atomic mass is 16.4. The van der Waals surface area contributed by atoms with Gasteiger partial charge in [0.25, 0.3) is 0 Å². The maximum atomic E-state index is 14.6. The molecule has 10 atom stereocenters. The Morgan fingerprint density at radius 1 is 0.440 bits per heavy atom. The Hall–Kier alpha value is -10.6. The minimum atomic E-state index is -1.83. The number of carboxylic acid groups (broad SMARTS) is 2. The van der Waals surface area contributed by atoms with Gasteiger partial charge in [0.05, 0.1) is 38.9 Å². The van der Waals surface area contributed by atoms with E-state index in [-0.39, 0.29) is 68.6 Å². The average molecular weight is 1410 g/mol. The SMILES string of the molecule is CC(C)C[C@H](NC(=O)[C@H](CO)NC(=O)[C@@H](N)CC(C)C)C(=O)NCC(=O)N[C@H](C(=O)N[C@@H](CO)C(=O)N[C@@H](Cc1ccc(O)cc1)C(=O)N[C@@H](CCCN=C(N)N)C(=O)N[C@@H](Cc1ccccc1)C(=O)NCC(=O)N[C@@H](CCC(N)=O)C(=O)NCC(=O)N[C@@H](CCC(=O)O)C(=O)O)C(C)C. The second kappa shape index (κ2) is 44.4. The van der Waals surface area contributed by atoms with Gasteiger partial charge in [0.1, 0.15) is 60.1 Å². The van der Waals surface area contributed by atoms with Crippen molar-refractivity contribution in [3.8, 4) is 5.75 Å². The summed E-state index contributed by atoms with van der Waals surface area (Å²) in [5.74, 6) is -16.8. The van der Waals surface area contributed by atoms with Crippen LogP contribution >= 0.6 is 0 Å². The van der Waals surface area contributed by atoms with E-state index in [4.69, 9.17) is 28.0 Å². The van der Waals surface area contributed by atoms with Gasteiger partial charge in [-0.3, -0.25) is 72.1 Å². The van der Waals surface area contributed by atoms with Gasteiger partial charge in [-0.05, 0) is 79.5 Å². The summed E-state index contributed by atoms with van der Waals surface area (Å²) in [6.45, 7) is 5.76. The first-order chi connectivity index (χ1) is 47.0. The Bertz CT molecular complexity index is 3150. The smallest absolute Gasteiger partial charge is 0.326 e. The zero-order chi connectivity index (χ0) is 75.3. The lowest BCUT2D eigenvalue weighted by Gasteiger charge is -2.27. The van der Waals surface area contributed by atoms with Crippen molar-refractivity contribution in [2.75, 3.05) is 39.4 Å². The lowest BCUT2D eigenvalue weighted by Crippen LogP contribution is -2.61. The highest BCUT2D eigenvalue weighted by Crippen LogP contribution is 2.14. The van der Waals surface area contributed by atoms with Crippen LogP contribution in [0.25, 0.3) is 0 Å². The number of phenols is 1. The quantitative estimate of drug-likeness (QED) is 0.0166. The molecular weight excluding hydrogens is 1310 g/mol. The average Bonchev–Trinajstić information content (AvgIpc) is 0.888. The Morgan fingerprint density at radius 2 is 0.850 bits per heavy atom. The fourth-order valence-corrected chi connectivity index (χ4v) is 9.45. The minimum Gasteiger partial charge on any atom is -0.508 e. The number of phenolic OH excluding ortho intramolecular Hbond substituents is 1. The molecule has 0 fully saturated rings. The molecule has 2 rings (SSSR count). The van der Waals surface area contributed by atoms with E-state index in [1.54, 1.807) is 44.2 Å². The zero-order valence-corrected chi connectivity index (χ0v) is 56.6. The van der Waals surface area contributed by atoms with Gasteiger partial charge in [0.2, 0.25) is 76.8 Å². The second-order valence-corrected chi connectivity index (χ2v) is 24.6. The van der Waals surface area contributed by atoms with Crippen LogP contribution in [0.15, 0.2) is 59.6 Å². The number of hydrogen-bond donors (Lipinski definition) is 21. The molecule has 554 valence electrons. The number of aliphatic carboxylic acids is 2. The fraction of sp³-hybridized carbons (Fsp3) is 0.556. The van der Waals surface area contributed by atoms with Gasteiger partial charge in [-0.1, -0.05) is 84.0 Å². The summed E-state index contributed by atoms with van der Waals surface area (Å²) in [5, 5.41) is 77.5. The Balaban J connectivity index is 2.40. The number of nitrogens with zero attached hydrogens (tertiary/aromatic N) is 1. The summed E-state index contributed by atoms with van der Waals surface area (Å²) in [7, 11) is 0. The number of nitrogens with one attached hydrogen (secondary N) is 12. The fourth-order valence-electron chi connectivity index (χ4n) is 9.45. The first kappa shape index (κ1) is 85.5. The number of aliphatic imine (C=N–C) groups is 1. The number of carbonyl (C=O) groups excluding carboxylic acids is 13. The third kappa shape index (κ3) is 33.6. The number of primary amides is 1. The van der Waals surface area contributed by atoms with Crippen LogP contribution in [-0.4, -0.2) is 220 Å². The van der Waals surface area contributed by atoms with Crippen LogP contribution in [0.4, 0.5) is 0 Å². The lowest BCUT2D eigenvalue weighted by molar-refractivity contribution is -0.143. The number of aliphatic hydroxyl groups is 2. The van der Waals surface area contributed by atoms with Gasteiger partial charge in [0, 0.05) is 32.2 Å². The van der Waals surface area contributed by atoms with Crippen molar-refractivity contribution >= 4 is 94.7 Å². The third-order valence-electron chi connectivity index (χ3n) is 14.7. The van der Waals surface area contributed by atoms with Gasteiger partial charge in [-0.2, -0.15) is 0 Å². The summed E-state index contributed by atoms with van der Waals surface area (Å²) >= 11 is 0. The molecule has 100 heavy (non-hydrogen) atoms. The number of aliphatic hydroxyl groups excluding tert-OH is 2. The van der Waals surface area contributed by atoms with Crippen molar-refractivity contribution in [1.82, 2.24) is 63.8 Å². The molecule has 0 radical (unpaired) electrons. The van der Waals surface area contributed by atoms with E-state index in [1.165, 1.54) is 38.1 Å². The Labute approximate surface area is 576 Å². The molecule has 37 nitrogen and oxygen atoms in total. The molecule has 0 unspecified atom stereocenters. The highest BCUT2D eigenvalue weighted by molar-refractivity contribution is 5.99. The highest BCUT2D eigenvalue weighted by Gasteiger charge is 2.35. The monoisotopic (exact) mass is 1410 g/mol. The number of hydrogen-bond acceptors (Lipinski definition) is 20. The zero-order valence-electron chi connectivity index (χ0n) is 56.6. The molecule has 13 amide bonds. The number of aromatic hydroxyl groups is 1. The van der Waals surface area contributed by atoms with Crippen molar-refractivity contribution in [3.05, 3.63) is 65.7 Å². The van der Waals surface area contributed by atoms with Crippen LogP contribution in [0, 0.1) is 17.8 Å². The first-order valence-corrected chi connectivity index (χ1v) is 32.1. The number of benzene rings is 2. The van der Waals surface area contributed by atoms with Gasteiger partial charge < -0.3 is 112 Å². The summed E-state index contributed by atoms with van der Waals surface area (Å²) in [6, 6.07) is -1.44. The van der Waals surface area contributed by atoms with Crippen LogP contribution in [0.3, 0.4) is 0 Å². The Morgan fingerprint density at radius 3 is 1.33 bits per heavy atom. The van der Waals surface area contributed by atoms with Crippen molar-refractivity contribution in [1.29, 1.82) is 0 Å². The van der Waals surface area contributed by atoms with Gasteiger partial charge in [0.15, 0.2) is 5.96 Å².